The Hall–Kier alpha value is -1.81. The molecule has 0 aliphatic heterocycles. The van der Waals surface area contributed by atoms with Crippen molar-refractivity contribution in [1.82, 2.24) is 9.78 Å². The van der Waals surface area contributed by atoms with Crippen LogP contribution in [0.2, 0.25) is 5.02 Å². The second-order valence-corrected chi connectivity index (χ2v) is 6.19. The quantitative estimate of drug-likeness (QED) is 0.918. The number of aryl methyl sites for hydroxylation is 1. The molecule has 1 heterocycles. The third-order valence-corrected chi connectivity index (χ3v) is 3.23. The molecule has 0 saturated carbocycles. The highest BCUT2D eigenvalue weighted by Gasteiger charge is 2.21. The second kappa shape index (κ2) is 5.29. The highest BCUT2D eigenvalue weighted by Crippen LogP contribution is 2.22. The first kappa shape index (κ1) is 14.6. The summed E-state index contributed by atoms with van der Waals surface area (Å²) in [6.07, 6.45) is 0. The summed E-state index contributed by atoms with van der Waals surface area (Å²) < 4.78 is 1.60. The summed E-state index contributed by atoms with van der Waals surface area (Å²) >= 11 is 5.82. The fourth-order valence-corrected chi connectivity index (χ4v) is 1.90. The molecule has 1 aromatic carbocycles. The van der Waals surface area contributed by atoms with Gasteiger partial charge in [0, 0.05) is 23.2 Å². The smallest absolute Gasteiger partial charge is 0.273 e. The van der Waals surface area contributed by atoms with Gasteiger partial charge in [-0.25, -0.2) is 0 Å². The topological polar surface area (TPSA) is 46.9 Å². The number of carbonyl (C=O) groups excluding carboxylic acids is 1. The molecular formula is C15H18ClN3O. The number of halogens is 1. The van der Waals surface area contributed by atoms with Crippen LogP contribution in [0.15, 0.2) is 30.3 Å². The van der Waals surface area contributed by atoms with Gasteiger partial charge in [-0.15, -0.1) is 0 Å². The van der Waals surface area contributed by atoms with Gasteiger partial charge in [-0.2, -0.15) is 5.10 Å². The van der Waals surface area contributed by atoms with Gasteiger partial charge in [-0.3, -0.25) is 9.48 Å². The Morgan fingerprint density at radius 1 is 1.25 bits per heavy atom. The number of aromatic nitrogens is 2. The molecule has 106 valence electrons. The summed E-state index contributed by atoms with van der Waals surface area (Å²) in [5.41, 5.74) is 2.04. The molecule has 0 radical (unpaired) electrons. The van der Waals surface area contributed by atoms with Crippen LogP contribution in [0, 0.1) is 0 Å². The third kappa shape index (κ3) is 3.20. The Kier molecular flexibility index (Phi) is 3.86. The average Bonchev–Trinajstić information content (AvgIpc) is 2.74. The molecule has 5 heteroatoms. The number of hydrogen-bond donors (Lipinski definition) is 1. The van der Waals surface area contributed by atoms with Gasteiger partial charge in [0.05, 0.1) is 5.69 Å². The Balaban J connectivity index is 2.21. The number of carbonyl (C=O) groups is 1. The molecule has 0 aliphatic rings. The van der Waals surface area contributed by atoms with E-state index in [9.17, 15) is 4.79 Å². The molecule has 1 amide bonds. The first-order valence-electron chi connectivity index (χ1n) is 6.39. The molecule has 0 unspecified atom stereocenters. The van der Waals surface area contributed by atoms with Crippen LogP contribution in [-0.2, 0) is 12.5 Å². The van der Waals surface area contributed by atoms with E-state index in [0.29, 0.717) is 16.4 Å². The summed E-state index contributed by atoms with van der Waals surface area (Å²) in [7, 11) is 1.77. The molecule has 0 atom stereocenters. The monoisotopic (exact) mass is 291 g/mol. The van der Waals surface area contributed by atoms with E-state index in [1.165, 1.54) is 0 Å². The molecule has 0 saturated heterocycles. The van der Waals surface area contributed by atoms with Gasteiger partial charge in [0.1, 0.15) is 5.69 Å². The van der Waals surface area contributed by atoms with Gasteiger partial charge in [-0.1, -0.05) is 32.4 Å². The van der Waals surface area contributed by atoms with E-state index in [1.54, 1.807) is 36.0 Å². The van der Waals surface area contributed by atoms with Gasteiger partial charge >= 0.3 is 0 Å². The molecule has 1 N–H and O–H groups in total. The van der Waals surface area contributed by atoms with E-state index < -0.39 is 0 Å². The third-order valence-electron chi connectivity index (χ3n) is 2.98. The van der Waals surface area contributed by atoms with Gasteiger partial charge in [-0.05, 0) is 30.3 Å². The van der Waals surface area contributed by atoms with Crippen LogP contribution in [0.5, 0.6) is 0 Å². The Morgan fingerprint density at radius 2 is 1.85 bits per heavy atom. The minimum atomic E-state index is -0.183. The van der Waals surface area contributed by atoms with E-state index >= 15 is 0 Å². The zero-order valence-corrected chi connectivity index (χ0v) is 12.8. The van der Waals surface area contributed by atoms with Gasteiger partial charge in [0.25, 0.3) is 5.91 Å². The number of amides is 1. The first-order chi connectivity index (χ1) is 9.27. The molecule has 2 aromatic rings. The van der Waals surface area contributed by atoms with E-state index in [-0.39, 0.29) is 11.3 Å². The molecule has 0 fully saturated rings. The van der Waals surface area contributed by atoms with Crippen molar-refractivity contribution in [3.63, 3.8) is 0 Å². The van der Waals surface area contributed by atoms with E-state index in [1.807, 2.05) is 6.07 Å². The highest BCUT2D eigenvalue weighted by atomic mass is 35.5. The summed E-state index contributed by atoms with van der Waals surface area (Å²) in [6.45, 7) is 6.20. The maximum absolute atomic E-state index is 12.3. The number of benzene rings is 1. The van der Waals surface area contributed by atoms with Crippen molar-refractivity contribution in [3.8, 4) is 0 Å². The zero-order valence-electron chi connectivity index (χ0n) is 12.1. The lowest BCUT2D eigenvalue weighted by molar-refractivity contribution is 0.101. The number of hydrogen-bond acceptors (Lipinski definition) is 2. The maximum Gasteiger partial charge on any atom is 0.273 e. The lowest BCUT2D eigenvalue weighted by Crippen LogP contribution is -2.15. The molecular weight excluding hydrogens is 274 g/mol. The Labute approximate surface area is 123 Å². The number of nitrogens with one attached hydrogen (secondary N) is 1. The van der Waals surface area contributed by atoms with Crippen molar-refractivity contribution in [3.05, 3.63) is 46.7 Å². The van der Waals surface area contributed by atoms with Crippen LogP contribution >= 0.6 is 11.6 Å². The van der Waals surface area contributed by atoms with Crippen LogP contribution in [0.3, 0.4) is 0 Å². The fraction of sp³-hybridized carbons (Fsp3) is 0.333. The average molecular weight is 292 g/mol. The first-order valence-corrected chi connectivity index (χ1v) is 6.76. The van der Waals surface area contributed by atoms with Crippen molar-refractivity contribution in [2.75, 3.05) is 5.32 Å². The van der Waals surface area contributed by atoms with Crippen molar-refractivity contribution in [1.29, 1.82) is 0 Å². The van der Waals surface area contributed by atoms with E-state index in [2.05, 4.69) is 31.2 Å². The lowest BCUT2D eigenvalue weighted by Gasteiger charge is -2.13. The second-order valence-electron chi connectivity index (χ2n) is 5.75. The van der Waals surface area contributed by atoms with Gasteiger partial charge in [0.2, 0.25) is 0 Å². The fourth-order valence-electron chi connectivity index (χ4n) is 1.77. The number of rotatable bonds is 2. The summed E-state index contributed by atoms with van der Waals surface area (Å²) in [5, 5.41) is 7.86. The highest BCUT2D eigenvalue weighted by molar-refractivity contribution is 6.30. The van der Waals surface area contributed by atoms with Crippen LogP contribution in [-0.4, -0.2) is 15.7 Å². The maximum atomic E-state index is 12.3. The molecule has 2 rings (SSSR count). The molecule has 4 nitrogen and oxygen atoms in total. The van der Waals surface area contributed by atoms with Crippen LogP contribution in [0.25, 0.3) is 0 Å². The van der Waals surface area contributed by atoms with Gasteiger partial charge < -0.3 is 5.32 Å². The zero-order chi connectivity index (χ0) is 14.9. The van der Waals surface area contributed by atoms with Crippen molar-refractivity contribution < 1.29 is 4.79 Å². The van der Waals surface area contributed by atoms with Crippen LogP contribution in [0.4, 0.5) is 5.69 Å². The minimum Gasteiger partial charge on any atom is -0.321 e. The predicted octanol–water partition coefficient (Wildman–Crippen LogP) is 3.62. The number of anilines is 1. The van der Waals surface area contributed by atoms with Crippen molar-refractivity contribution >= 4 is 23.2 Å². The minimum absolute atomic E-state index is 0.0867. The summed E-state index contributed by atoms with van der Waals surface area (Å²) in [4.78, 5) is 12.3. The van der Waals surface area contributed by atoms with Crippen molar-refractivity contribution in [2.24, 2.45) is 7.05 Å². The van der Waals surface area contributed by atoms with Crippen LogP contribution < -0.4 is 5.32 Å². The van der Waals surface area contributed by atoms with Gasteiger partial charge in [0.15, 0.2) is 0 Å². The summed E-state index contributed by atoms with van der Waals surface area (Å²) in [6, 6.07) is 8.83. The Bertz CT molecular complexity index is 624. The number of nitrogens with zero attached hydrogens (tertiary/aromatic N) is 2. The molecule has 0 spiro atoms. The van der Waals surface area contributed by atoms with Crippen molar-refractivity contribution in [2.45, 2.75) is 26.2 Å². The van der Waals surface area contributed by atoms with E-state index in [0.717, 1.165) is 5.69 Å². The predicted molar refractivity (Wildman–Crippen MR) is 81.3 cm³/mol. The Morgan fingerprint density at radius 3 is 2.35 bits per heavy atom. The summed E-state index contributed by atoms with van der Waals surface area (Å²) in [5.74, 6) is -0.183. The van der Waals surface area contributed by atoms with Crippen LogP contribution in [0.1, 0.15) is 37.0 Å². The largest absolute Gasteiger partial charge is 0.321 e. The molecule has 1 aromatic heterocycles. The normalized spacial score (nSPS) is 11.4. The standard InChI is InChI=1S/C15H18ClN3O/c1-15(2,3)13-9-12(19(4)18-13)14(20)17-11-7-5-10(16)6-8-11/h5-9H,1-4H3,(H,17,20). The molecule has 20 heavy (non-hydrogen) atoms. The lowest BCUT2D eigenvalue weighted by atomic mass is 9.92. The van der Waals surface area contributed by atoms with E-state index in [4.69, 9.17) is 11.6 Å². The SMILES string of the molecule is Cn1nc(C(C)(C)C)cc1C(=O)Nc1ccc(Cl)cc1. The molecule has 0 bridgehead atoms. The molecule has 0 aliphatic carbocycles.